The highest BCUT2D eigenvalue weighted by Crippen LogP contribution is 2.30. The van der Waals surface area contributed by atoms with Crippen molar-refractivity contribution in [3.8, 4) is 5.75 Å². The Morgan fingerprint density at radius 3 is 2.02 bits per heavy atom. The predicted molar refractivity (Wildman–Crippen MR) is 168 cm³/mol. The van der Waals surface area contributed by atoms with Crippen molar-refractivity contribution in [2.75, 3.05) is 51.3 Å². The highest BCUT2D eigenvalue weighted by Gasteiger charge is 2.32. The summed E-state index contributed by atoms with van der Waals surface area (Å²) in [4.78, 5) is 15.4. The molecule has 8 nitrogen and oxygen atoms in total. The minimum absolute atomic E-state index is 0.0532. The van der Waals surface area contributed by atoms with Crippen LogP contribution in [0.25, 0.3) is 0 Å². The Kier molecular flexibility index (Phi) is 10.2. The molecule has 4 aromatic rings. The molecular weight excluding hydrogens is 562 g/mol. The largest absolute Gasteiger partial charge is 0.491 e. The molecule has 0 unspecified atom stereocenters. The standard InChI is InChI=1S/C34H37N3O5S/c1-2-41-24-25-42-31-15-9-14-29(26-31)34(38)35-30-16-18-32(19-17-30)43(39,40)37-22-20-36(21-23-37)33(27-10-5-3-6-11-27)28-12-7-4-8-13-28/h3-19,26,33H,2,20-25H2,1H3,(H,35,38). The minimum atomic E-state index is -3.69. The number of amides is 1. The first kappa shape index (κ1) is 30.4. The molecule has 1 fully saturated rings. The third-order valence-corrected chi connectivity index (χ3v) is 9.33. The molecule has 9 heteroatoms. The molecule has 0 aliphatic carbocycles. The highest BCUT2D eigenvalue weighted by molar-refractivity contribution is 7.89. The first-order chi connectivity index (χ1) is 21.0. The van der Waals surface area contributed by atoms with Gasteiger partial charge >= 0.3 is 0 Å². The second-order valence-electron chi connectivity index (χ2n) is 10.2. The summed E-state index contributed by atoms with van der Waals surface area (Å²) in [5, 5.41) is 2.84. The van der Waals surface area contributed by atoms with Crippen molar-refractivity contribution in [3.05, 3.63) is 126 Å². The molecule has 1 aliphatic rings. The van der Waals surface area contributed by atoms with Crippen LogP contribution in [0.1, 0.15) is 34.5 Å². The lowest BCUT2D eigenvalue weighted by Crippen LogP contribution is -2.49. The van der Waals surface area contributed by atoms with Crippen LogP contribution in [0.5, 0.6) is 5.75 Å². The molecule has 1 heterocycles. The summed E-state index contributed by atoms with van der Waals surface area (Å²) in [5.74, 6) is 0.265. The maximum Gasteiger partial charge on any atom is 0.255 e. The van der Waals surface area contributed by atoms with Crippen molar-refractivity contribution >= 4 is 21.6 Å². The molecule has 1 N–H and O–H groups in total. The fraction of sp³-hybridized carbons (Fsp3) is 0.265. The van der Waals surface area contributed by atoms with Gasteiger partial charge in [0.1, 0.15) is 12.4 Å². The average molecular weight is 600 g/mol. The first-order valence-electron chi connectivity index (χ1n) is 14.5. The van der Waals surface area contributed by atoms with Crippen LogP contribution in [-0.2, 0) is 14.8 Å². The molecule has 0 spiro atoms. The van der Waals surface area contributed by atoms with Crippen molar-refractivity contribution in [2.45, 2.75) is 17.9 Å². The molecule has 0 saturated carbocycles. The average Bonchev–Trinajstić information content (AvgIpc) is 3.05. The monoisotopic (exact) mass is 599 g/mol. The number of sulfonamides is 1. The number of nitrogens with one attached hydrogen (secondary N) is 1. The van der Waals surface area contributed by atoms with Crippen LogP contribution in [0.3, 0.4) is 0 Å². The Morgan fingerprint density at radius 1 is 0.791 bits per heavy atom. The van der Waals surface area contributed by atoms with Gasteiger partial charge in [-0.25, -0.2) is 8.42 Å². The Labute approximate surface area is 253 Å². The third-order valence-electron chi connectivity index (χ3n) is 7.42. The number of hydrogen-bond donors (Lipinski definition) is 1. The lowest BCUT2D eigenvalue weighted by Gasteiger charge is -2.39. The van der Waals surface area contributed by atoms with Gasteiger partial charge in [0.05, 0.1) is 17.5 Å². The lowest BCUT2D eigenvalue weighted by atomic mass is 9.96. The SMILES string of the molecule is CCOCCOc1cccc(C(=O)Nc2ccc(S(=O)(=O)N3CCN(C(c4ccccc4)c4ccccc4)CC3)cc2)c1. The van der Waals surface area contributed by atoms with Crippen LogP contribution in [0, 0.1) is 0 Å². The van der Waals surface area contributed by atoms with Crippen LogP contribution in [0.4, 0.5) is 5.69 Å². The Morgan fingerprint density at radius 2 is 1.42 bits per heavy atom. The molecule has 43 heavy (non-hydrogen) atoms. The van der Waals surface area contributed by atoms with Crippen LogP contribution in [0.15, 0.2) is 114 Å². The molecule has 0 aromatic heterocycles. The zero-order valence-electron chi connectivity index (χ0n) is 24.3. The third kappa shape index (κ3) is 7.69. The summed E-state index contributed by atoms with van der Waals surface area (Å²) in [6, 6.07) is 33.9. The van der Waals surface area contributed by atoms with Crippen molar-refractivity contribution in [3.63, 3.8) is 0 Å². The molecule has 0 radical (unpaired) electrons. The number of piperazine rings is 1. The van der Waals surface area contributed by atoms with Gasteiger partial charge in [0, 0.05) is 44.0 Å². The quantitative estimate of drug-likeness (QED) is 0.218. The number of carbonyl (C=O) groups is 1. The molecule has 224 valence electrons. The summed E-state index contributed by atoms with van der Waals surface area (Å²) in [6.45, 7) is 5.39. The van der Waals surface area contributed by atoms with E-state index in [0.29, 0.717) is 63.0 Å². The molecule has 5 rings (SSSR count). The smallest absolute Gasteiger partial charge is 0.255 e. The van der Waals surface area contributed by atoms with E-state index in [-0.39, 0.29) is 16.8 Å². The molecule has 4 aromatic carbocycles. The number of ether oxygens (including phenoxy) is 2. The second kappa shape index (κ2) is 14.4. The lowest BCUT2D eigenvalue weighted by molar-refractivity contribution is 0.102. The molecule has 1 aliphatic heterocycles. The number of benzene rings is 4. The van der Waals surface area contributed by atoms with Crippen LogP contribution in [-0.4, -0.2) is 69.5 Å². The van der Waals surface area contributed by atoms with Crippen molar-refractivity contribution in [1.82, 2.24) is 9.21 Å². The Balaban J connectivity index is 1.20. The highest BCUT2D eigenvalue weighted by atomic mass is 32.2. The van der Waals surface area contributed by atoms with Gasteiger partial charge < -0.3 is 14.8 Å². The predicted octanol–water partition coefficient (Wildman–Crippen LogP) is 5.45. The van der Waals surface area contributed by atoms with E-state index in [9.17, 15) is 13.2 Å². The van der Waals surface area contributed by atoms with Gasteiger partial charge in [-0.15, -0.1) is 0 Å². The van der Waals surface area contributed by atoms with Gasteiger partial charge in [0.2, 0.25) is 10.0 Å². The fourth-order valence-electron chi connectivity index (χ4n) is 5.24. The van der Waals surface area contributed by atoms with E-state index in [1.807, 2.05) is 43.3 Å². The van der Waals surface area contributed by atoms with E-state index in [4.69, 9.17) is 9.47 Å². The molecular formula is C34H37N3O5S. The first-order valence-corrected chi connectivity index (χ1v) is 16.0. The van der Waals surface area contributed by atoms with Gasteiger partial charge in [-0.05, 0) is 60.5 Å². The van der Waals surface area contributed by atoms with Crippen LogP contribution in [0.2, 0.25) is 0 Å². The zero-order valence-corrected chi connectivity index (χ0v) is 25.1. The van der Waals surface area contributed by atoms with E-state index in [0.717, 1.165) is 0 Å². The number of nitrogens with zero attached hydrogens (tertiary/aromatic N) is 2. The van der Waals surface area contributed by atoms with Gasteiger partial charge in [0.15, 0.2) is 0 Å². The van der Waals surface area contributed by atoms with E-state index in [1.165, 1.54) is 11.1 Å². The Bertz CT molecular complexity index is 1530. The van der Waals surface area contributed by atoms with Crippen molar-refractivity contribution < 1.29 is 22.7 Å². The molecule has 0 atom stereocenters. The van der Waals surface area contributed by atoms with Gasteiger partial charge in [-0.1, -0.05) is 66.7 Å². The summed E-state index contributed by atoms with van der Waals surface area (Å²) in [6.07, 6.45) is 0. The van der Waals surface area contributed by atoms with Gasteiger partial charge in [-0.3, -0.25) is 9.69 Å². The van der Waals surface area contributed by atoms with E-state index in [1.54, 1.807) is 52.8 Å². The number of anilines is 1. The Hall–Kier alpha value is -4.02. The second-order valence-corrected chi connectivity index (χ2v) is 12.2. The zero-order chi connectivity index (χ0) is 30.1. The van der Waals surface area contributed by atoms with Crippen molar-refractivity contribution in [2.24, 2.45) is 0 Å². The maximum absolute atomic E-state index is 13.5. The summed E-state index contributed by atoms with van der Waals surface area (Å²) in [5.41, 5.74) is 3.31. The summed E-state index contributed by atoms with van der Waals surface area (Å²) < 4.78 is 39.5. The van der Waals surface area contributed by atoms with Gasteiger partial charge in [0.25, 0.3) is 5.91 Å². The maximum atomic E-state index is 13.5. The number of rotatable bonds is 12. The van der Waals surface area contributed by atoms with E-state index in [2.05, 4.69) is 34.5 Å². The number of hydrogen-bond acceptors (Lipinski definition) is 6. The number of carbonyl (C=O) groups excluding carboxylic acids is 1. The van der Waals surface area contributed by atoms with E-state index < -0.39 is 10.0 Å². The van der Waals surface area contributed by atoms with Crippen LogP contribution < -0.4 is 10.1 Å². The molecule has 1 amide bonds. The van der Waals surface area contributed by atoms with E-state index >= 15 is 0 Å². The fourth-order valence-corrected chi connectivity index (χ4v) is 6.66. The summed E-state index contributed by atoms with van der Waals surface area (Å²) in [7, 11) is -3.69. The molecule has 0 bridgehead atoms. The normalized spacial score (nSPS) is 14.5. The molecule has 1 saturated heterocycles. The van der Waals surface area contributed by atoms with Gasteiger partial charge in [-0.2, -0.15) is 4.31 Å². The van der Waals surface area contributed by atoms with Crippen LogP contribution >= 0.6 is 0 Å². The summed E-state index contributed by atoms with van der Waals surface area (Å²) >= 11 is 0. The van der Waals surface area contributed by atoms with Crippen molar-refractivity contribution in [1.29, 1.82) is 0 Å². The topological polar surface area (TPSA) is 88.2 Å². The minimum Gasteiger partial charge on any atom is -0.491 e.